The van der Waals surface area contributed by atoms with Crippen LogP contribution in [0.1, 0.15) is 27.7 Å². The number of hydrogen-bond donors (Lipinski definition) is 0. The first-order valence-electron chi connectivity index (χ1n) is 17.6. The average Bonchev–Trinajstić information content (AvgIpc) is 3.15. The van der Waals surface area contributed by atoms with E-state index in [1.807, 2.05) is 109 Å². The van der Waals surface area contributed by atoms with Gasteiger partial charge in [0.05, 0.1) is 0 Å². The highest BCUT2D eigenvalue weighted by atomic mass is 35.5. The molecule has 7 rings (SSSR count). The molecule has 0 heterocycles. The molecule has 0 saturated heterocycles. The third-order valence-corrected chi connectivity index (χ3v) is 14.3. The summed E-state index contributed by atoms with van der Waals surface area (Å²) in [6.07, 6.45) is 0. The molecule has 7 heteroatoms. The van der Waals surface area contributed by atoms with Crippen LogP contribution in [0.3, 0.4) is 0 Å². The highest BCUT2D eigenvalue weighted by Crippen LogP contribution is 2.56. The predicted molar refractivity (Wildman–Crippen MR) is 231 cm³/mol. The molecule has 0 spiro atoms. The van der Waals surface area contributed by atoms with Gasteiger partial charge in [-0.1, -0.05) is 125 Å². The molecule has 0 fully saturated rings. The van der Waals surface area contributed by atoms with Gasteiger partial charge in [0, 0.05) is 42.8 Å². The fourth-order valence-electron chi connectivity index (χ4n) is 7.69. The Morgan fingerprint density at radius 1 is 0.453 bits per heavy atom. The summed E-state index contributed by atoms with van der Waals surface area (Å²) in [6, 6.07) is 47.9. The Balaban J connectivity index is 1.74. The minimum absolute atomic E-state index is 0.0164. The fourth-order valence-corrected chi connectivity index (χ4v) is 11.7. The van der Waals surface area contributed by atoms with Gasteiger partial charge in [-0.3, -0.25) is 4.57 Å². The highest BCUT2D eigenvalue weighted by Gasteiger charge is 2.40. The van der Waals surface area contributed by atoms with Crippen molar-refractivity contribution in [2.45, 2.75) is 39.8 Å². The Hall–Kier alpha value is -3.85. The summed E-state index contributed by atoms with van der Waals surface area (Å²) in [4.78, 5) is 0. The molecule has 7 aromatic carbocycles. The van der Waals surface area contributed by atoms with Crippen LogP contribution in [-0.2, 0) is 4.57 Å². The smallest absolute Gasteiger partial charge is 0.208 e. The van der Waals surface area contributed by atoms with Gasteiger partial charge in [0.25, 0.3) is 0 Å². The van der Waals surface area contributed by atoms with Crippen molar-refractivity contribution in [1.82, 2.24) is 4.67 Å². The molecule has 1 unspecified atom stereocenters. The molecular formula is C46H38Cl4NOP. The van der Waals surface area contributed by atoms with Crippen LogP contribution in [0.15, 0.2) is 146 Å². The summed E-state index contributed by atoms with van der Waals surface area (Å²) >= 11 is 26.4. The largest absolute Gasteiger partial charge is 0.296 e. The van der Waals surface area contributed by atoms with Crippen molar-refractivity contribution in [3.05, 3.63) is 166 Å². The van der Waals surface area contributed by atoms with Crippen LogP contribution in [-0.4, -0.2) is 16.8 Å². The van der Waals surface area contributed by atoms with E-state index in [0.717, 1.165) is 65.9 Å². The Labute approximate surface area is 332 Å². The van der Waals surface area contributed by atoms with Gasteiger partial charge in [-0.15, -0.1) is 0 Å². The zero-order valence-corrected chi connectivity index (χ0v) is 33.7. The maximum atomic E-state index is 16.4. The SMILES string of the molecule is CC(C)N(C(C)C)P(=O)(c1ccccc1)c1ccccc1-c1c(-c2ccc(Cl)cc2)c(-c2ccc(Cl)cc2)c(-c2ccc(Cl)cc2)c2cc(Cl)ccc12. The fraction of sp³-hybridized carbons (Fsp3) is 0.130. The van der Waals surface area contributed by atoms with Crippen molar-refractivity contribution < 1.29 is 4.57 Å². The molecule has 266 valence electrons. The second-order valence-electron chi connectivity index (χ2n) is 13.7. The maximum absolute atomic E-state index is 16.4. The second kappa shape index (κ2) is 15.5. The Kier molecular flexibility index (Phi) is 10.9. The molecule has 0 aliphatic heterocycles. The van der Waals surface area contributed by atoms with Crippen molar-refractivity contribution in [3.63, 3.8) is 0 Å². The number of halogens is 4. The van der Waals surface area contributed by atoms with Crippen LogP contribution in [0, 0.1) is 0 Å². The molecule has 0 amide bonds. The molecule has 0 aliphatic rings. The van der Waals surface area contributed by atoms with E-state index in [-0.39, 0.29) is 12.1 Å². The van der Waals surface area contributed by atoms with Gasteiger partial charge in [0.15, 0.2) is 0 Å². The van der Waals surface area contributed by atoms with E-state index in [9.17, 15) is 0 Å². The van der Waals surface area contributed by atoms with Crippen molar-refractivity contribution in [2.75, 3.05) is 0 Å². The second-order valence-corrected chi connectivity index (χ2v) is 18.1. The summed E-state index contributed by atoms with van der Waals surface area (Å²) in [6.45, 7) is 8.48. The van der Waals surface area contributed by atoms with Crippen molar-refractivity contribution >= 4 is 75.1 Å². The molecule has 0 aliphatic carbocycles. The lowest BCUT2D eigenvalue weighted by atomic mass is 9.79. The Morgan fingerprint density at radius 2 is 0.887 bits per heavy atom. The summed E-state index contributed by atoms with van der Waals surface area (Å²) < 4.78 is 18.6. The summed E-state index contributed by atoms with van der Waals surface area (Å²) in [7, 11) is -3.47. The molecule has 1 atom stereocenters. The van der Waals surface area contributed by atoms with Crippen LogP contribution in [0.4, 0.5) is 0 Å². The van der Waals surface area contributed by atoms with Crippen LogP contribution in [0.2, 0.25) is 20.1 Å². The van der Waals surface area contributed by atoms with Crippen molar-refractivity contribution in [2.24, 2.45) is 0 Å². The maximum Gasteiger partial charge on any atom is 0.208 e. The molecule has 0 bridgehead atoms. The predicted octanol–water partition coefficient (Wildman–Crippen LogP) is 14.5. The summed E-state index contributed by atoms with van der Waals surface area (Å²) in [5, 5.41) is 5.98. The lowest BCUT2D eigenvalue weighted by Gasteiger charge is -2.39. The van der Waals surface area contributed by atoms with Crippen molar-refractivity contribution in [3.8, 4) is 44.5 Å². The summed E-state index contributed by atoms with van der Waals surface area (Å²) in [5.41, 5.74) is 7.65. The van der Waals surface area contributed by atoms with E-state index in [1.54, 1.807) is 0 Å². The third kappa shape index (κ3) is 7.10. The molecule has 0 aromatic heterocycles. The molecular weight excluding hydrogens is 755 g/mol. The van der Waals surface area contributed by atoms with E-state index in [4.69, 9.17) is 46.4 Å². The third-order valence-electron chi connectivity index (χ3n) is 9.66. The zero-order chi connectivity index (χ0) is 37.4. The monoisotopic (exact) mass is 791 g/mol. The number of fused-ring (bicyclic) bond motifs is 1. The van der Waals surface area contributed by atoms with Gasteiger partial charge in [-0.2, -0.15) is 0 Å². The van der Waals surface area contributed by atoms with E-state index in [2.05, 4.69) is 68.8 Å². The average molecular weight is 794 g/mol. The van der Waals surface area contributed by atoms with Gasteiger partial charge in [0.1, 0.15) is 0 Å². The standard InChI is InChI=1S/C46H38Cl4NOP/c1-29(2)51(30(3)4)53(52,38-10-6-5-7-11-38)42-13-9-8-12-40(42)46-39-27-26-37(50)28-41(39)43(31-14-20-34(47)21-15-31)44(32-16-22-35(48)23-17-32)45(46)33-18-24-36(49)25-19-33/h5-30H,1-4H3. The molecule has 7 aromatic rings. The van der Waals surface area contributed by atoms with E-state index in [1.165, 1.54) is 0 Å². The normalized spacial score (nSPS) is 12.9. The van der Waals surface area contributed by atoms with E-state index in [0.29, 0.717) is 20.1 Å². The molecule has 2 nitrogen and oxygen atoms in total. The van der Waals surface area contributed by atoms with Gasteiger partial charge in [-0.25, -0.2) is 4.67 Å². The Morgan fingerprint density at radius 3 is 1.40 bits per heavy atom. The first-order chi connectivity index (χ1) is 25.5. The number of rotatable bonds is 9. The Bertz CT molecular complexity index is 2450. The summed E-state index contributed by atoms with van der Waals surface area (Å²) in [5.74, 6) is 0. The van der Waals surface area contributed by atoms with Crippen LogP contribution >= 0.6 is 53.7 Å². The number of hydrogen-bond acceptors (Lipinski definition) is 1. The molecule has 0 N–H and O–H groups in total. The molecule has 53 heavy (non-hydrogen) atoms. The minimum Gasteiger partial charge on any atom is -0.296 e. The van der Waals surface area contributed by atoms with Crippen molar-refractivity contribution in [1.29, 1.82) is 0 Å². The lowest BCUT2D eigenvalue weighted by molar-refractivity contribution is 0.307. The van der Waals surface area contributed by atoms with Gasteiger partial charge >= 0.3 is 0 Å². The van der Waals surface area contributed by atoms with Crippen LogP contribution in [0.5, 0.6) is 0 Å². The quantitative estimate of drug-likeness (QED) is 0.136. The first kappa shape index (κ1) is 37.5. The number of benzene rings is 7. The highest BCUT2D eigenvalue weighted by molar-refractivity contribution is 7.76. The van der Waals surface area contributed by atoms with Gasteiger partial charge in [0.2, 0.25) is 7.29 Å². The molecule has 0 saturated carbocycles. The van der Waals surface area contributed by atoms with Gasteiger partial charge in [-0.05, 0) is 150 Å². The minimum atomic E-state index is -3.47. The first-order valence-corrected chi connectivity index (χ1v) is 20.8. The van der Waals surface area contributed by atoms with Gasteiger partial charge < -0.3 is 0 Å². The van der Waals surface area contributed by atoms with Crippen LogP contribution < -0.4 is 10.6 Å². The lowest BCUT2D eigenvalue weighted by Crippen LogP contribution is -2.41. The van der Waals surface area contributed by atoms with E-state index < -0.39 is 7.29 Å². The van der Waals surface area contributed by atoms with Crippen LogP contribution in [0.25, 0.3) is 55.3 Å². The molecule has 0 radical (unpaired) electrons. The zero-order valence-electron chi connectivity index (χ0n) is 29.8. The number of nitrogens with zero attached hydrogens (tertiary/aromatic N) is 1. The van der Waals surface area contributed by atoms with E-state index >= 15 is 4.57 Å². The topological polar surface area (TPSA) is 20.3 Å².